The summed E-state index contributed by atoms with van der Waals surface area (Å²) in [6.45, 7) is 4.32. The second kappa shape index (κ2) is 6.46. The fourth-order valence-corrected chi connectivity index (χ4v) is 3.37. The number of ether oxygens (including phenoxy) is 1. The van der Waals surface area contributed by atoms with Crippen LogP contribution in [-0.4, -0.2) is 57.4 Å². The van der Waals surface area contributed by atoms with Gasteiger partial charge in [-0.2, -0.15) is 0 Å². The first-order valence-corrected chi connectivity index (χ1v) is 8.05. The first-order valence-electron chi connectivity index (χ1n) is 8.05. The Hall–Kier alpha value is -2.03. The van der Waals surface area contributed by atoms with Crippen LogP contribution in [0, 0.1) is 5.82 Å². The molecule has 8 heteroatoms. The molecule has 2 amide bonds. The lowest BCUT2D eigenvalue weighted by molar-refractivity contribution is -0.128. The van der Waals surface area contributed by atoms with E-state index in [1.165, 1.54) is 17.9 Å². The molecule has 1 atom stereocenters. The van der Waals surface area contributed by atoms with Crippen LogP contribution in [0.1, 0.15) is 6.92 Å². The Balaban J connectivity index is 1.92. The molecule has 0 aromatic heterocycles. The number of carbonyl (C=O) groups excluding carboxylic acids is 2. The molecule has 2 saturated heterocycles. The highest BCUT2D eigenvalue weighted by Crippen LogP contribution is 2.32. The van der Waals surface area contributed by atoms with Gasteiger partial charge >= 0.3 is 12.0 Å². The third kappa shape index (κ3) is 2.77. The van der Waals surface area contributed by atoms with Gasteiger partial charge in [0.2, 0.25) is 0 Å². The van der Waals surface area contributed by atoms with Gasteiger partial charge in [-0.3, -0.25) is 4.90 Å². The van der Waals surface area contributed by atoms with E-state index in [1.54, 1.807) is 12.1 Å². The summed E-state index contributed by atoms with van der Waals surface area (Å²) in [6.07, 6.45) is -0.917. The van der Waals surface area contributed by atoms with E-state index in [1.807, 2.05) is 0 Å². The fraction of sp³-hybridized carbons (Fsp3) is 0.500. The highest BCUT2D eigenvalue weighted by atomic mass is 19.1. The summed E-state index contributed by atoms with van der Waals surface area (Å²) in [5.41, 5.74) is 6.27. The number of quaternary nitrogens is 1. The van der Waals surface area contributed by atoms with E-state index in [4.69, 9.17) is 10.5 Å². The minimum absolute atomic E-state index is 0.0189. The number of nitrogens with zero attached hydrogens (tertiary/aromatic N) is 2. The number of carbonyl (C=O) groups is 2. The van der Waals surface area contributed by atoms with Crippen molar-refractivity contribution in [1.29, 1.82) is 0 Å². The molecule has 2 fully saturated rings. The van der Waals surface area contributed by atoms with E-state index in [-0.39, 0.29) is 23.0 Å². The van der Waals surface area contributed by atoms with Crippen molar-refractivity contribution in [3.63, 3.8) is 0 Å². The van der Waals surface area contributed by atoms with Gasteiger partial charge in [0.25, 0.3) is 0 Å². The lowest BCUT2D eigenvalue weighted by Crippen LogP contribution is -2.62. The molecule has 130 valence electrons. The SMILES string of the molecule is CC(=O)[N+]1(c2ccc(N3C[C@H](CN)OC3=O)cc2F)CCNCC1. The number of amides is 2. The second-order valence-electron chi connectivity index (χ2n) is 6.17. The quantitative estimate of drug-likeness (QED) is 0.788. The van der Waals surface area contributed by atoms with Crippen LogP contribution < -0.4 is 20.4 Å². The standard InChI is InChI=1S/C16H22FN4O3/c1-11(22)21(6-4-19-5-7-21)15-3-2-12(8-14(15)17)20-10-13(9-18)24-16(20)23/h2-3,8,13,19H,4-7,9-10,18H2,1H3/q+1/t13-/m0/s1. The van der Waals surface area contributed by atoms with Gasteiger partial charge in [-0.25, -0.2) is 18.5 Å². The van der Waals surface area contributed by atoms with E-state index in [9.17, 15) is 14.0 Å². The number of piperazine rings is 1. The zero-order valence-electron chi connectivity index (χ0n) is 13.6. The average Bonchev–Trinajstić information content (AvgIpc) is 2.96. The molecular formula is C16H22FN4O3+. The summed E-state index contributed by atoms with van der Waals surface area (Å²) in [4.78, 5) is 25.5. The maximum Gasteiger partial charge on any atom is 0.414 e. The van der Waals surface area contributed by atoms with Gasteiger partial charge in [-0.05, 0) is 6.07 Å². The number of hydrogen-bond donors (Lipinski definition) is 2. The van der Waals surface area contributed by atoms with Crippen molar-refractivity contribution in [2.75, 3.05) is 44.2 Å². The first-order chi connectivity index (χ1) is 11.5. The Bertz CT molecular complexity index is 661. The molecule has 2 aliphatic heterocycles. The Morgan fingerprint density at radius 2 is 2.17 bits per heavy atom. The van der Waals surface area contributed by atoms with Crippen molar-refractivity contribution in [2.45, 2.75) is 13.0 Å². The van der Waals surface area contributed by atoms with Crippen LogP contribution in [-0.2, 0) is 9.53 Å². The van der Waals surface area contributed by atoms with Gasteiger partial charge in [-0.15, -0.1) is 0 Å². The minimum atomic E-state index is -0.532. The van der Waals surface area contributed by atoms with Gasteiger partial charge in [-0.1, -0.05) is 0 Å². The number of nitrogens with one attached hydrogen (secondary N) is 1. The third-order valence-corrected chi connectivity index (χ3v) is 4.78. The van der Waals surface area contributed by atoms with Crippen molar-refractivity contribution in [3.05, 3.63) is 24.0 Å². The molecule has 0 spiro atoms. The topological polar surface area (TPSA) is 84.7 Å². The van der Waals surface area contributed by atoms with Gasteiger partial charge in [0, 0.05) is 31.8 Å². The molecule has 7 nitrogen and oxygen atoms in total. The maximum atomic E-state index is 14.8. The number of halogens is 1. The second-order valence-corrected chi connectivity index (χ2v) is 6.17. The van der Waals surface area contributed by atoms with Crippen LogP contribution in [0.3, 0.4) is 0 Å². The minimum Gasteiger partial charge on any atom is -0.443 e. The molecule has 1 aromatic carbocycles. The van der Waals surface area contributed by atoms with Crippen LogP contribution in [0.5, 0.6) is 0 Å². The third-order valence-electron chi connectivity index (χ3n) is 4.78. The highest BCUT2D eigenvalue weighted by molar-refractivity contribution is 5.91. The maximum absolute atomic E-state index is 14.8. The molecule has 0 radical (unpaired) electrons. The molecule has 2 aliphatic rings. The monoisotopic (exact) mass is 337 g/mol. The Kier molecular flexibility index (Phi) is 4.53. The molecule has 2 heterocycles. The first kappa shape index (κ1) is 16.8. The Morgan fingerprint density at radius 3 is 2.71 bits per heavy atom. The summed E-state index contributed by atoms with van der Waals surface area (Å²) in [7, 11) is 0. The van der Waals surface area contributed by atoms with Gasteiger partial charge in [0.1, 0.15) is 19.2 Å². The van der Waals surface area contributed by atoms with Crippen LogP contribution in [0.15, 0.2) is 18.2 Å². The molecule has 3 N–H and O–H groups in total. The molecule has 1 aromatic rings. The van der Waals surface area contributed by atoms with E-state index in [0.29, 0.717) is 44.1 Å². The van der Waals surface area contributed by atoms with E-state index >= 15 is 0 Å². The summed E-state index contributed by atoms with van der Waals surface area (Å²) >= 11 is 0. The highest BCUT2D eigenvalue weighted by Gasteiger charge is 2.40. The zero-order chi connectivity index (χ0) is 17.3. The Morgan fingerprint density at radius 1 is 1.46 bits per heavy atom. The van der Waals surface area contributed by atoms with Gasteiger partial charge in [0.15, 0.2) is 11.5 Å². The molecule has 0 saturated carbocycles. The van der Waals surface area contributed by atoms with Crippen LogP contribution in [0.4, 0.5) is 20.6 Å². The van der Waals surface area contributed by atoms with Crippen molar-refractivity contribution in [2.24, 2.45) is 5.73 Å². The van der Waals surface area contributed by atoms with Crippen LogP contribution in [0.25, 0.3) is 0 Å². The number of rotatable bonds is 3. The molecule has 24 heavy (non-hydrogen) atoms. The Labute approximate surface area is 139 Å². The largest absolute Gasteiger partial charge is 0.443 e. The molecule has 0 bridgehead atoms. The smallest absolute Gasteiger partial charge is 0.414 e. The lowest BCUT2D eigenvalue weighted by atomic mass is 10.1. The number of anilines is 1. The average molecular weight is 337 g/mol. The number of nitrogens with two attached hydrogens (primary N) is 1. The van der Waals surface area contributed by atoms with Gasteiger partial charge < -0.3 is 15.8 Å². The summed E-state index contributed by atoms with van der Waals surface area (Å²) < 4.78 is 19.9. The molecule has 0 aliphatic carbocycles. The number of hydrogen-bond acceptors (Lipinski definition) is 5. The molecule has 3 rings (SSSR count). The summed E-state index contributed by atoms with van der Waals surface area (Å²) in [5, 5.41) is 3.19. The predicted molar refractivity (Wildman–Crippen MR) is 88.1 cm³/mol. The van der Waals surface area contributed by atoms with E-state index in [0.717, 1.165) is 0 Å². The predicted octanol–water partition coefficient (Wildman–Crippen LogP) is 0.567. The summed E-state index contributed by atoms with van der Waals surface area (Å²) in [5.74, 6) is -0.583. The zero-order valence-corrected chi connectivity index (χ0v) is 13.6. The van der Waals surface area contributed by atoms with Crippen molar-refractivity contribution in [1.82, 2.24) is 9.80 Å². The van der Waals surface area contributed by atoms with E-state index < -0.39 is 11.9 Å². The normalized spacial score (nSPS) is 23.2. The summed E-state index contributed by atoms with van der Waals surface area (Å²) in [6, 6.07) is 4.55. The van der Waals surface area contributed by atoms with Crippen molar-refractivity contribution in [3.8, 4) is 0 Å². The fourth-order valence-electron chi connectivity index (χ4n) is 3.37. The lowest BCUT2D eigenvalue weighted by Gasteiger charge is -2.38. The number of benzene rings is 1. The number of cyclic esters (lactones) is 1. The van der Waals surface area contributed by atoms with Crippen molar-refractivity contribution >= 4 is 23.4 Å². The molecule has 0 unspecified atom stereocenters. The molecular weight excluding hydrogens is 315 g/mol. The van der Waals surface area contributed by atoms with Crippen LogP contribution >= 0.6 is 0 Å². The van der Waals surface area contributed by atoms with Crippen LogP contribution in [0.2, 0.25) is 0 Å². The van der Waals surface area contributed by atoms with Gasteiger partial charge in [0.05, 0.1) is 19.2 Å². The van der Waals surface area contributed by atoms with E-state index in [2.05, 4.69) is 5.32 Å². The van der Waals surface area contributed by atoms with Crippen molar-refractivity contribution < 1.29 is 18.7 Å².